The summed E-state index contributed by atoms with van der Waals surface area (Å²) in [6, 6.07) is 8.50. The van der Waals surface area contributed by atoms with Crippen molar-refractivity contribution in [3.8, 4) is 6.07 Å². The molecule has 0 N–H and O–H groups in total. The lowest BCUT2D eigenvalue weighted by Crippen LogP contribution is -2.32. The summed E-state index contributed by atoms with van der Waals surface area (Å²) in [7, 11) is 0. The van der Waals surface area contributed by atoms with Crippen LogP contribution in [0.25, 0.3) is 0 Å². The molecule has 0 radical (unpaired) electrons. The highest BCUT2D eigenvalue weighted by molar-refractivity contribution is 5.48. The number of nitriles is 1. The molecule has 100 valence electrons. The lowest BCUT2D eigenvalue weighted by Gasteiger charge is -2.31. The highest BCUT2D eigenvalue weighted by atomic mass is 15.2. The van der Waals surface area contributed by atoms with E-state index in [1.807, 2.05) is 13.0 Å². The van der Waals surface area contributed by atoms with E-state index in [4.69, 9.17) is 5.26 Å². The van der Waals surface area contributed by atoms with Gasteiger partial charge in [-0.2, -0.15) is 5.26 Å². The number of hydrogen-bond donors (Lipinski definition) is 0. The summed E-state index contributed by atoms with van der Waals surface area (Å²) in [5.41, 5.74) is 4.77. The van der Waals surface area contributed by atoms with Crippen molar-refractivity contribution in [3.05, 3.63) is 53.0 Å². The predicted molar refractivity (Wildman–Crippen MR) is 77.3 cm³/mol. The monoisotopic (exact) mass is 264 g/mol. The summed E-state index contributed by atoms with van der Waals surface area (Å²) in [4.78, 5) is 11.0. The summed E-state index contributed by atoms with van der Waals surface area (Å²) in [5, 5.41) is 8.91. The molecule has 0 amide bonds. The van der Waals surface area contributed by atoms with E-state index in [1.54, 1.807) is 12.4 Å². The number of aromatic nitrogens is 2. The van der Waals surface area contributed by atoms with Gasteiger partial charge in [-0.3, -0.25) is 4.98 Å². The molecule has 20 heavy (non-hydrogen) atoms. The summed E-state index contributed by atoms with van der Waals surface area (Å²) in [5.74, 6) is 0.962. The first-order valence-electron chi connectivity index (χ1n) is 6.78. The number of anilines is 1. The van der Waals surface area contributed by atoms with Crippen LogP contribution in [-0.4, -0.2) is 16.5 Å². The molecular weight excluding hydrogens is 248 g/mol. The zero-order valence-electron chi connectivity index (χ0n) is 11.5. The highest BCUT2D eigenvalue weighted by Gasteiger charge is 2.20. The molecule has 0 atom stereocenters. The number of nitrogens with zero attached hydrogens (tertiary/aromatic N) is 4. The third-order valence-electron chi connectivity index (χ3n) is 3.79. The minimum absolute atomic E-state index is 0.493. The van der Waals surface area contributed by atoms with Crippen LogP contribution in [0.1, 0.15) is 22.4 Å². The van der Waals surface area contributed by atoms with E-state index < -0.39 is 0 Å². The van der Waals surface area contributed by atoms with Gasteiger partial charge in [0.25, 0.3) is 0 Å². The van der Waals surface area contributed by atoms with Crippen molar-refractivity contribution in [2.24, 2.45) is 0 Å². The van der Waals surface area contributed by atoms with Crippen LogP contribution in [0, 0.1) is 18.3 Å². The second kappa shape index (κ2) is 5.30. The zero-order valence-corrected chi connectivity index (χ0v) is 11.5. The van der Waals surface area contributed by atoms with Gasteiger partial charge in [-0.25, -0.2) is 4.98 Å². The molecule has 4 heteroatoms. The molecule has 2 heterocycles. The fourth-order valence-corrected chi connectivity index (χ4v) is 2.83. The van der Waals surface area contributed by atoms with Crippen molar-refractivity contribution in [2.75, 3.05) is 11.4 Å². The van der Waals surface area contributed by atoms with Gasteiger partial charge in [-0.05, 0) is 30.0 Å². The molecule has 1 aromatic carbocycles. The number of fused-ring (bicyclic) bond motifs is 1. The zero-order chi connectivity index (χ0) is 13.9. The van der Waals surface area contributed by atoms with Gasteiger partial charge in [-0.1, -0.05) is 18.2 Å². The fraction of sp³-hybridized carbons (Fsp3) is 0.312. The van der Waals surface area contributed by atoms with Crippen molar-refractivity contribution in [1.82, 2.24) is 9.97 Å². The number of benzene rings is 1. The van der Waals surface area contributed by atoms with Crippen LogP contribution >= 0.6 is 0 Å². The molecule has 0 fully saturated rings. The summed E-state index contributed by atoms with van der Waals surface area (Å²) < 4.78 is 0. The largest absolute Gasteiger partial charge is 0.350 e. The van der Waals surface area contributed by atoms with E-state index >= 15 is 0 Å². The van der Waals surface area contributed by atoms with E-state index in [2.05, 4.69) is 33.1 Å². The molecule has 0 saturated carbocycles. The Morgan fingerprint density at radius 1 is 1.30 bits per heavy atom. The van der Waals surface area contributed by atoms with Gasteiger partial charge in [0.1, 0.15) is 5.82 Å². The smallest absolute Gasteiger partial charge is 0.150 e. The van der Waals surface area contributed by atoms with Gasteiger partial charge in [0.15, 0.2) is 0 Å². The first-order valence-corrected chi connectivity index (χ1v) is 6.78. The summed E-state index contributed by atoms with van der Waals surface area (Å²) in [6.07, 6.45) is 4.92. The molecular formula is C16H16N4. The third-order valence-corrected chi connectivity index (χ3v) is 3.79. The molecule has 0 saturated heterocycles. The van der Waals surface area contributed by atoms with E-state index in [-0.39, 0.29) is 0 Å². The van der Waals surface area contributed by atoms with Crippen LogP contribution in [0.3, 0.4) is 0 Å². The minimum Gasteiger partial charge on any atom is -0.350 e. The second-order valence-electron chi connectivity index (χ2n) is 5.03. The van der Waals surface area contributed by atoms with E-state index in [0.717, 1.165) is 31.0 Å². The quantitative estimate of drug-likeness (QED) is 0.836. The molecule has 0 spiro atoms. The topological polar surface area (TPSA) is 52.8 Å². The third kappa shape index (κ3) is 2.23. The maximum Gasteiger partial charge on any atom is 0.150 e. The van der Waals surface area contributed by atoms with Gasteiger partial charge in [-0.15, -0.1) is 0 Å². The molecule has 1 aromatic heterocycles. The summed E-state index contributed by atoms with van der Waals surface area (Å²) >= 11 is 0. The maximum absolute atomic E-state index is 8.91. The van der Waals surface area contributed by atoms with Gasteiger partial charge in [0.05, 0.1) is 18.2 Å². The van der Waals surface area contributed by atoms with Crippen LogP contribution in [0.4, 0.5) is 5.82 Å². The molecule has 1 aliphatic heterocycles. The van der Waals surface area contributed by atoms with Crippen molar-refractivity contribution in [3.63, 3.8) is 0 Å². The average Bonchev–Trinajstić information content (AvgIpc) is 2.48. The molecule has 1 aliphatic rings. The molecule has 4 nitrogen and oxygen atoms in total. The molecule has 2 aromatic rings. The molecule has 0 aliphatic carbocycles. The minimum atomic E-state index is 0.493. The first kappa shape index (κ1) is 12.6. The van der Waals surface area contributed by atoms with Crippen LogP contribution in [0.5, 0.6) is 0 Å². The fourth-order valence-electron chi connectivity index (χ4n) is 2.83. The van der Waals surface area contributed by atoms with E-state index in [0.29, 0.717) is 6.42 Å². The Balaban J connectivity index is 1.92. The Morgan fingerprint density at radius 3 is 2.95 bits per heavy atom. The van der Waals surface area contributed by atoms with Crippen molar-refractivity contribution < 1.29 is 0 Å². The number of hydrogen-bond acceptors (Lipinski definition) is 4. The second-order valence-corrected chi connectivity index (χ2v) is 5.03. The normalized spacial score (nSPS) is 13.7. The Bertz CT molecular complexity index is 672. The van der Waals surface area contributed by atoms with Crippen LogP contribution < -0.4 is 4.90 Å². The van der Waals surface area contributed by atoms with Crippen molar-refractivity contribution in [1.29, 1.82) is 5.26 Å². The Hall–Kier alpha value is -2.41. The Kier molecular flexibility index (Phi) is 3.34. The Morgan fingerprint density at radius 2 is 2.15 bits per heavy atom. The Labute approximate surface area is 118 Å². The van der Waals surface area contributed by atoms with Crippen LogP contribution in [0.15, 0.2) is 30.6 Å². The van der Waals surface area contributed by atoms with Gasteiger partial charge in [0, 0.05) is 25.5 Å². The predicted octanol–water partition coefficient (Wildman–Crippen LogP) is 2.41. The number of aryl methyl sites for hydroxylation is 1. The van der Waals surface area contributed by atoms with Gasteiger partial charge >= 0.3 is 0 Å². The SMILES string of the molecule is Cc1nccnc1N1CCc2c(CC#N)cccc2C1. The standard InChI is InChI=1S/C16H16N4/c1-12-16(19-9-8-18-12)20-10-6-15-13(5-7-17)3-2-4-14(15)11-20/h2-4,8-9H,5-6,10-11H2,1H3. The highest BCUT2D eigenvalue weighted by Crippen LogP contribution is 2.26. The van der Waals surface area contributed by atoms with Crippen LogP contribution in [-0.2, 0) is 19.4 Å². The van der Waals surface area contributed by atoms with Crippen LogP contribution in [0.2, 0.25) is 0 Å². The summed E-state index contributed by atoms with van der Waals surface area (Å²) in [6.45, 7) is 3.76. The molecule has 3 rings (SSSR count). The lowest BCUT2D eigenvalue weighted by molar-refractivity contribution is 0.709. The van der Waals surface area contributed by atoms with Crippen molar-refractivity contribution >= 4 is 5.82 Å². The first-order chi connectivity index (χ1) is 9.79. The van der Waals surface area contributed by atoms with E-state index in [9.17, 15) is 0 Å². The average molecular weight is 264 g/mol. The number of rotatable bonds is 2. The van der Waals surface area contributed by atoms with Gasteiger partial charge < -0.3 is 4.90 Å². The van der Waals surface area contributed by atoms with E-state index in [1.165, 1.54) is 16.7 Å². The van der Waals surface area contributed by atoms with Crippen molar-refractivity contribution in [2.45, 2.75) is 26.3 Å². The molecule has 0 bridgehead atoms. The maximum atomic E-state index is 8.91. The molecule has 0 unspecified atom stereocenters. The van der Waals surface area contributed by atoms with Gasteiger partial charge in [0.2, 0.25) is 0 Å². The lowest BCUT2D eigenvalue weighted by atomic mass is 9.93.